The number of hydrogen-bond acceptors (Lipinski definition) is 8. The molecule has 13 nitrogen and oxygen atoms in total. The van der Waals surface area contributed by atoms with E-state index in [0.717, 1.165) is 18.2 Å². The van der Waals surface area contributed by atoms with Crippen molar-refractivity contribution in [2.75, 3.05) is 50.6 Å². The van der Waals surface area contributed by atoms with Gasteiger partial charge in [-0.3, -0.25) is 14.5 Å². The number of carbonyl (C=O) groups excluding carboxylic acids is 2. The van der Waals surface area contributed by atoms with Gasteiger partial charge in [-0.05, 0) is 50.3 Å². The SMILES string of the molecule is CN(C)C(=O)c1cc2cnc(Nc3ccc(N4CCC5(CCCN5C(=O)O)C4=O)cn3)nc2n1C1CCCOC1. The summed E-state index contributed by atoms with van der Waals surface area (Å²) in [6.45, 7) is 2.03. The molecule has 2 N–H and O–H groups in total. The minimum absolute atomic E-state index is 0.0106. The first-order valence-electron chi connectivity index (χ1n) is 13.5. The van der Waals surface area contributed by atoms with Gasteiger partial charge in [0.2, 0.25) is 5.95 Å². The van der Waals surface area contributed by atoms with Gasteiger partial charge in [0, 0.05) is 45.4 Å². The fraction of sp³-hybridized carbons (Fsp3) is 0.481. The number of carbonyl (C=O) groups is 3. The average Bonchev–Trinajstić information content (AvgIpc) is 3.65. The van der Waals surface area contributed by atoms with Crippen LogP contribution in [0.2, 0.25) is 0 Å². The molecule has 2 unspecified atom stereocenters. The Morgan fingerprint density at radius 3 is 2.70 bits per heavy atom. The molecule has 1 spiro atoms. The summed E-state index contributed by atoms with van der Waals surface area (Å²) in [7, 11) is 3.45. The summed E-state index contributed by atoms with van der Waals surface area (Å²) in [5.74, 6) is 0.505. The number of anilines is 3. The number of nitrogens with one attached hydrogen (secondary N) is 1. The lowest BCUT2D eigenvalue weighted by molar-refractivity contribution is -0.125. The maximum absolute atomic E-state index is 13.3. The second-order valence-corrected chi connectivity index (χ2v) is 10.7. The first-order valence-corrected chi connectivity index (χ1v) is 13.5. The van der Waals surface area contributed by atoms with Gasteiger partial charge in [0.1, 0.15) is 22.7 Å². The Kier molecular flexibility index (Phi) is 6.53. The Bertz CT molecular complexity index is 1470. The summed E-state index contributed by atoms with van der Waals surface area (Å²) >= 11 is 0. The van der Waals surface area contributed by atoms with Crippen molar-refractivity contribution in [3.05, 3.63) is 36.3 Å². The summed E-state index contributed by atoms with van der Waals surface area (Å²) in [4.78, 5) is 56.1. The predicted molar refractivity (Wildman–Crippen MR) is 146 cm³/mol. The van der Waals surface area contributed by atoms with Crippen molar-refractivity contribution in [3.8, 4) is 0 Å². The highest BCUT2D eigenvalue weighted by atomic mass is 16.5. The summed E-state index contributed by atoms with van der Waals surface area (Å²) in [5.41, 5.74) is 0.819. The topological polar surface area (TPSA) is 146 Å². The van der Waals surface area contributed by atoms with Crippen LogP contribution in [-0.2, 0) is 9.53 Å². The summed E-state index contributed by atoms with van der Waals surface area (Å²) in [5, 5.41) is 13.5. The number of likely N-dealkylation sites (tertiary alicyclic amines) is 1. The van der Waals surface area contributed by atoms with Crippen molar-refractivity contribution < 1.29 is 24.2 Å². The Morgan fingerprint density at radius 1 is 1.15 bits per heavy atom. The van der Waals surface area contributed by atoms with Crippen molar-refractivity contribution in [1.29, 1.82) is 0 Å². The van der Waals surface area contributed by atoms with E-state index in [0.29, 0.717) is 74.4 Å². The molecule has 3 fully saturated rings. The maximum atomic E-state index is 13.3. The number of fused-ring (bicyclic) bond motifs is 1. The molecule has 40 heavy (non-hydrogen) atoms. The van der Waals surface area contributed by atoms with E-state index in [2.05, 4.69) is 15.3 Å². The molecule has 2 atom stereocenters. The Balaban J connectivity index is 1.24. The molecule has 6 rings (SSSR count). The third kappa shape index (κ3) is 4.30. The zero-order chi connectivity index (χ0) is 28.0. The van der Waals surface area contributed by atoms with Crippen LogP contribution >= 0.6 is 0 Å². The number of nitrogens with zero attached hydrogens (tertiary/aromatic N) is 7. The van der Waals surface area contributed by atoms with Crippen LogP contribution in [0.25, 0.3) is 11.0 Å². The number of hydrogen-bond donors (Lipinski definition) is 2. The smallest absolute Gasteiger partial charge is 0.408 e. The first kappa shape index (κ1) is 26.0. The zero-order valence-electron chi connectivity index (χ0n) is 22.5. The van der Waals surface area contributed by atoms with Crippen LogP contribution in [-0.4, -0.2) is 98.3 Å². The Labute approximate surface area is 230 Å². The van der Waals surface area contributed by atoms with E-state index in [1.165, 1.54) is 4.90 Å². The first-order chi connectivity index (χ1) is 19.3. The third-order valence-electron chi connectivity index (χ3n) is 8.11. The molecule has 210 valence electrons. The fourth-order valence-corrected chi connectivity index (χ4v) is 6.14. The molecular weight excluding hydrogens is 516 g/mol. The van der Waals surface area contributed by atoms with E-state index in [-0.39, 0.29) is 17.9 Å². The molecule has 3 aromatic rings. The molecule has 3 amide bonds. The van der Waals surface area contributed by atoms with E-state index in [1.807, 2.05) is 10.6 Å². The van der Waals surface area contributed by atoms with E-state index in [4.69, 9.17) is 9.72 Å². The van der Waals surface area contributed by atoms with Crippen LogP contribution in [0.3, 0.4) is 0 Å². The summed E-state index contributed by atoms with van der Waals surface area (Å²) in [6, 6.07) is 5.32. The number of rotatable bonds is 5. The molecule has 3 saturated heterocycles. The molecule has 0 radical (unpaired) electrons. The van der Waals surface area contributed by atoms with Crippen molar-refractivity contribution >= 4 is 46.4 Å². The molecule has 0 aliphatic carbocycles. The molecule has 0 bridgehead atoms. The lowest BCUT2D eigenvalue weighted by Gasteiger charge is -2.31. The van der Waals surface area contributed by atoms with Gasteiger partial charge in [-0.15, -0.1) is 0 Å². The Morgan fingerprint density at radius 2 is 2.00 bits per heavy atom. The van der Waals surface area contributed by atoms with Crippen LogP contribution < -0.4 is 10.2 Å². The largest absolute Gasteiger partial charge is 0.465 e. The summed E-state index contributed by atoms with van der Waals surface area (Å²) < 4.78 is 7.67. The van der Waals surface area contributed by atoms with Gasteiger partial charge >= 0.3 is 6.09 Å². The van der Waals surface area contributed by atoms with Gasteiger partial charge in [-0.25, -0.2) is 14.8 Å². The number of pyridine rings is 1. The second-order valence-electron chi connectivity index (χ2n) is 10.7. The Hall–Kier alpha value is -4.26. The van der Waals surface area contributed by atoms with Gasteiger partial charge in [0.15, 0.2) is 0 Å². The van der Waals surface area contributed by atoms with Crippen LogP contribution in [0.15, 0.2) is 30.6 Å². The van der Waals surface area contributed by atoms with Gasteiger partial charge in [-0.2, -0.15) is 4.98 Å². The third-order valence-corrected chi connectivity index (χ3v) is 8.11. The minimum Gasteiger partial charge on any atom is -0.465 e. The quantitative estimate of drug-likeness (QED) is 0.491. The highest BCUT2D eigenvalue weighted by Crippen LogP contribution is 2.40. The fourth-order valence-electron chi connectivity index (χ4n) is 6.14. The molecule has 6 heterocycles. The standard InChI is InChI=1S/C27H32N8O5/c1-32(2)23(36)20-13-17-14-29-25(31-22(17)35(20)19-5-3-12-40-16-19)30-21-7-6-18(15-28-21)33-11-9-27(24(33)37)8-4-10-34(27)26(38)39/h6-7,13-15,19H,3-5,8-12,16H2,1-2H3,(H,38,39)(H,28,29,30,31). The summed E-state index contributed by atoms with van der Waals surface area (Å²) in [6.07, 6.45) is 5.70. The predicted octanol–water partition coefficient (Wildman–Crippen LogP) is 2.87. The van der Waals surface area contributed by atoms with Crippen LogP contribution in [0, 0.1) is 0 Å². The molecule has 3 aliphatic rings. The van der Waals surface area contributed by atoms with Crippen LogP contribution in [0.1, 0.15) is 48.6 Å². The highest BCUT2D eigenvalue weighted by molar-refractivity contribution is 6.04. The van der Waals surface area contributed by atoms with Gasteiger partial charge < -0.3 is 29.5 Å². The van der Waals surface area contributed by atoms with Crippen molar-refractivity contribution in [1.82, 2.24) is 29.3 Å². The molecule has 3 aromatic heterocycles. The van der Waals surface area contributed by atoms with E-state index in [1.54, 1.807) is 48.4 Å². The minimum atomic E-state index is -1.05. The molecule has 3 aliphatic heterocycles. The lowest BCUT2D eigenvalue weighted by Crippen LogP contribution is -2.52. The molecular formula is C27H32N8O5. The normalized spacial score (nSPS) is 22.9. The van der Waals surface area contributed by atoms with Gasteiger partial charge in [0.25, 0.3) is 11.8 Å². The van der Waals surface area contributed by atoms with Crippen molar-refractivity contribution in [2.24, 2.45) is 0 Å². The maximum Gasteiger partial charge on any atom is 0.408 e. The zero-order valence-corrected chi connectivity index (χ0v) is 22.5. The molecule has 0 saturated carbocycles. The number of amides is 3. The molecule has 13 heteroatoms. The average molecular weight is 549 g/mol. The van der Waals surface area contributed by atoms with E-state index < -0.39 is 11.6 Å². The highest BCUT2D eigenvalue weighted by Gasteiger charge is 2.55. The molecule has 0 aromatic carbocycles. The number of ether oxygens (including phenoxy) is 1. The van der Waals surface area contributed by atoms with Gasteiger partial charge in [-0.1, -0.05) is 0 Å². The van der Waals surface area contributed by atoms with Gasteiger partial charge in [0.05, 0.1) is 24.5 Å². The second kappa shape index (κ2) is 10.0. The van der Waals surface area contributed by atoms with Crippen molar-refractivity contribution in [2.45, 2.75) is 43.7 Å². The number of carboxylic acid groups (broad SMARTS) is 1. The van der Waals surface area contributed by atoms with E-state index >= 15 is 0 Å². The van der Waals surface area contributed by atoms with E-state index in [9.17, 15) is 19.5 Å². The monoisotopic (exact) mass is 548 g/mol. The van der Waals surface area contributed by atoms with Crippen LogP contribution in [0.4, 0.5) is 22.2 Å². The lowest BCUT2D eigenvalue weighted by atomic mass is 9.94. The van der Waals surface area contributed by atoms with Crippen LogP contribution in [0.5, 0.6) is 0 Å². The number of aromatic nitrogens is 4. The van der Waals surface area contributed by atoms with Crippen molar-refractivity contribution in [3.63, 3.8) is 0 Å².